The third kappa shape index (κ3) is 4.30. The smallest absolute Gasteiger partial charge is 0.237 e. The van der Waals surface area contributed by atoms with E-state index in [1.807, 2.05) is 0 Å². The van der Waals surface area contributed by atoms with Gasteiger partial charge < -0.3 is 10.3 Å². The molecular weight excluding hydrogens is 340 g/mol. The summed E-state index contributed by atoms with van der Waals surface area (Å²) in [5.41, 5.74) is 1.61. The van der Waals surface area contributed by atoms with E-state index in [2.05, 4.69) is 15.0 Å². The van der Waals surface area contributed by atoms with E-state index in [1.165, 1.54) is 13.0 Å². The average Bonchev–Trinajstić information content (AvgIpc) is 2.74. The number of rotatable bonds is 6. The summed E-state index contributed by atoms with van der Waals surface area (Å²) in [7, 11) is -3.48. The highest BCUT2D eigenvalue weighted by Gasteiger charge is 2.17. The van der Waals surface area contributed by atoms with E-state index in [4.69, 9.17) is 0 Å². The summed E-state index contributed by atoms with van der Waals surface area (Å²) in [6, 6.07) is 1.15. The lowest BCUT2D eigenvalue weighted by Gasteiger charge is -2.12. The van der Waals surface area contributed by atoms with Crippen molar-refractivity contribution in [2.24, 2.45) is 0 Å². The zero-order valence-electron chi connectivity index (χ0n) is 13.5. The zero-order valence-corrected chi connectivity index (χ0v) is 14.4. The number of hydrogen-bond acceptors (Lipinski definition) is 3. The summed E-state index contributed by atoms with van der Waals surface area (Å²) < 4.78 is 51.5. The molecule has 2 rings (SSSR count). The fourth-order valence-corrected chi connectivity index (χ4v) is 3.31. The van der Waals surface area contributed by atoms with E-state index in [1.54, 1.807) is 6.92 Å². The number of nitrogens with one attached hydrogen (secondary N) is 3. The van der Waals surface area contributed by atoms with Crippen LogP contribution in [0.2, 0.25) is 0 Å². The minimum absolute atomic E-state index is 0.209. The Hall–Kier alpha value is -2.00. The van der Waals surface area contributed by atoms with E-state index in [-0.39, 0.29) is 12.1 Å². The molecule has 1 heterocycles. The first-order valence-electron chi connectivity index (χ1n) is 7.29. The van der Waals surface area contributed by atoms with Gasteiger partial charge in [0.15, 0.2) is 0 Å². The van der Waals surface area contributed by atoms with Crippen LogP contribution in [0.25, 0.3) is 10.9 Å². The average molecular weight is 359 g/mol. The van der Waals surface area contributed by atoms with Crippen LogP contribution in [0.1, 0.15) is 18.2 Å². The lowest BCUT2D eigenvalue weighted by Crippen LogP contribution is -2.44. The Morgan fingerprint density at radius 1 is 1.33 bits per heavy atom. The molecule has 0 spiro atoms. The lowest BCUT2D eigenvalue weighted by molar-refractivity contribution is -0.122. The number of carbonyl (C=O) groups excluding carboxylic acids is 1. The Labute approximate surface area is 138 Å². The number of halogens is 2. The number of sulfonamides is 1. The Morgan fingerprint density at radius 2 is 2.00 bits per heavy atom. The van der Waals surface area contributed by atoms with Crippen LogP contribution >= 0.6 is 0 Å². The molecule has 0 saturated carbocycles. The van der Waals surface area contributed by atoms with Gasteiger partial charge in [-0.1, -0.05) is 0 Å². The van der Waals surface area contributed by atoms with Gasteiger partial charge in [-0.15, -0.1) is 0 Å². The number of benzene rings is 1. The number of aryl methyl sites for hydroxylation is 1. The van der Waals surface area contributed by atoms with E-state index in [9.17, 15) is 22.0 Å². The molecule has 1 aromatic carbocycles. The maximum absolute atomic E-state index is 13.7. The second kappa shape index (κ2) is 6.86. The number of H-pyrrole nitrogens is 1. The first-order valence-corrected chi connectivity index (χ1v) is 9.19. The zero-order chi connectivity index (χ0) is 18.1. The van der Waals surface area contributed by atoms with Crippen molar-refractivity contribution in [3.63, 3.8) is 0 Å². The second-order valence-electron chi connectivity index (χ2n) is 5.69. The number of fused-ring (bicyclic) bond motifs is 1. The van der Waals surface area contributed by atoms with Gasteiger partial charge in [-0.3, -0.25) is 4.79 Å². The van der Waals surface area contributed by atoms with Gasteiger partial charge in [-0.25, -0.2) is 21.9 Å². The molecule has 0 bridgehead atoms. The monoisotopic (exact) mass is 359 g/mol. The molecule has 0 aliphatic carbocycles. The van der Waals surface area contributed by atoms with Gasteiger partial charge >= 0.3 is 0 Å². The van der Waals surface area contributed by atoms with E-state index >= 15 is 0 Å². The standard InChI is InChI=1S/C15H19F2N3O3S/c1-8-11(12-6-10(16)7-13(17)14(12)19-8)4-5-18-15(21)9(2)20-24(3,22)23/h6-7,9,19-20H,4-5H2,1-3H3,(H,18,21)/t9-/m0/s1. The highest BCUT2D eigenvalue weighted by molar-refractivity contribution is 7.88. The molecule has 24 heavy (non-hydrogen) atoms. The van der Waals surface area contributed by atoms with Crippen molar-refractivity contribution in [3.8, 4) is 0 Å². The number of carbonyl (C=O) groups is 1. The van der Waals surface area contributed by atoms with Crippen LogP contribution in [0.5, 0.6) is 0 Å². The molecule has 0 aliphatic heterocycles. The fourth-order valence-electron chi connectivity index (χ4n) is 2.56. The summed E-state index contributed by atoms with van der Waals surface area (Å²) in [5.74, 6) is -1.82. The summed E-state index contributed by atoms with van der Waals surface area (Å²) in [6.07, 6.45) is 1.32. The molecule has 9 heteroatoms. The summed E-state index contributed by atoms with van der Waals surface area (Å²) in [6.45, 7) is 3.38. The second-order valence-corrected chi connectivity index (χ2v) is 7.47. The molecular formula is C15H19F2N3O3S. The molecule has 1 amide bonds. The quantitative estimate of drug-likeness (QED) is 0.727. The third-order valence-corrected chi connectivity index (χ3v) is 4.39. The van der Waals surface area contributed by atoms with Crippen LogP contribution in [0.15, 0.2) is 12.1 Å². The summed E-state index contributed by atoms with van der Waals surface area (Å²) >= 11 is 0. The van der Waals surface area contributed by atoms with E-state index in [0.29, 0.717) is 23.1 Å². The van der Waals surface area contributed by atoms with Crippen molar-refractivity contribution in [2.45, 2.75) is 26.3 Å². The molecule has 0 saturated heterocycles. The van der Waals surface area contributed by atoms with Crippen molar-refractivity contribution in [3.05, 3.63) is 35.0 Å². The van der Waals surface area contributed by atoms with E-state index in [0.717, 1.165) is 12.3 Å². The van der Waals surface area contributed by atoms with Crippen molar-refractivity contribution in [1.29, 1.82) is 0 Å². The normalized spacial score (nSPS) is 13.2. The van der Waals surface area contributed by atoms with Crippen molar-refractivity contribution >= 4 is 26.8 Å². The number of hydrogen-bond donors (Lipinski definition) is 3. The maximum atomic E-state index is 13.7. The third-order valence-electron chi connectivity index (χ3n) is 3.60. The van der Waals surface area contributed by atoms with Crippen LogP contribution < -0.4 is 10.0 Å². The van der Waals surface area contributed by atoms with Crippen LogP contribution in [0.3, 0.4) is 0 Å². The topological polar surface area (TPSA) is 91.1 Å². The predicted octanol–water partition coefficient (Wildman–Crippen LogP) is 1.35. The van der Waals surface area contributed by atoms with Crippen molar-refractivity contribution in [1.82, 2.24) is 15.0 Å². The first kappa shape index (κ1) is 18.3. The molecule has 0 aliphatic rings. The first-order chi connectivity index (χ1) is 11.1. The van der Waals surface area contributed by atoms with Crippen LogP contribution in [0.4, 0.5) is 8.78 Å². The molecule has 6 nitrogen and oxygen atoms in total. The molecule has 1 atom stereocenters. The van der Waals surface area contributed by atoms with E-state index < -0.39 is 33.6 Å². The van der Waals surface area contributed by atoms with Crippen LogP contribution in [-0.4, -0.2) is 38.2 Å². The highest BCUT2D eigenvalue weighted by Crippen LogP contribution is 2.25. The molecule has 0 radical (unpaired) electrons. The molecule has 132 valence electrons. The maximum Gasteiger partial charge on any atom is 0.237 e. The number of amides is 1. The minimum atomic E-state index is -3.48. The predicted molar refractivity (Wildman–Crippen MR) is 87.1 cm³/mol. The van der Waals surface area contributed by atoms with Crippen LogP contribution in [-0.2, 0) is 21.2 Å². The molecule has 1 aromatic heterocycles. The van der Waals surface area contributed by atoms with Crippen molar-refractivity contribution < 1.29 is 22.0 Å². The molecule has 3 N–H and O–H groups in total. The Balaban J connectivity index is 2.06. The largest absolute Gasteiger partial charge is 0.356 e. The fraction of sp³-hybridized carbons (Fsp3) is 0.400. The van der Waals surface area contributed by atoms with Gasteiger partial charge in [-0.2, -0.15) is 0 Å². The van der Waals surface area contributed by atoms with Gasteiger partial charge in [0.1, 0.15) is 11.6 Å². The molecule has 0 unspecified atom stereocenters. The summed E-state index contributed by atoms with van der Waals surface area (Å²) in [4.78, 5) is 14.7. The van der Waals surface area contributed by atoms with Gasteiger partial charge in [0.25, 0.3) is 0 Å². The van der Waals surface area contributed by atoms with Gasteiger partial charge in [0.2, 0.25) is 15.9 Å². The van der Waals surface area contributed by atoms with Gasteiger partial charge in [0, 0.05) is 23.7 Å². The Bertz CT molecular complexity index is 878. The Kier molecular flexibility index (Phi) is 5.24. The number of aromatic amines is 1. The highest BCUT2D eigenvalue weighted by atomic mass is 32.2. The summed E-state index contributed by atoms with van der Waals surface area (Å²) in [5, 5.41) is 3.03. The number of aromatic nitrogens is 1. The van der Waals surface area contributed by atoms with Crippen molar-refractivity contribution in [2.75, 3.05) is 12.8 Å². The van der Waals surface area contributed by atoms with Gasteiger partial charge in [0.05, 0.1) is 17.8 Å². The molecule has 2 aromatic rings. The SMILES string of the molecule is Cc1[nH]c2c(F)cc(F)cc2c1CCNC(=O)[C@H](C)NS(C)(=O)=O. The van der Waals surface area contributed by atoms with Crippen LogP contribution in [0, 0.1) is 18.6 Å². The Morgan fingerprint density at radius 3 is 2.62 bits per heavy atom. The molecule has 0 fully saturated rings. The lowest BCUT2D eigenvalue weighted by atomic mass is 10.1. The van der Waals surface area contributed by atoms with Gasteiger partial charge in [-0.05, 0) is 31.9 Å². The minimum Gasteiger partial charge on any atom is -0.356 e.